The number of nitrogens with zero attached hydrogens (tertiary/aromatic N) is 1. The highest BCUT2D eigenvalue weighted by Gasteiger charge is 2.30. The summed E-state index contributed by atoms with van der Waals surface area (Å²) in [5, 5.41) is 0. The maximum atomic E-state index is 5.32. The molecule has 1 fully saturated rings. The Bertz CT molecular complexity index is 119. The number of rotatable bonds is 3. The zero-order valence-electron chi connectivity index (χ0n) is 9.54. The van der Waals surface area contributed by atoms with Gasteiger partial charge >= 0.3 is 0 Å². The van der Waals surface area contributed by atoms with Crippen LogP contribution < -0.4 is 0 Å². The molecule has 0 amide bonds. The van der Waals surface area contributed by atoms with Gasteiger partial charge in [-0.25, -0.2) is 0 Å². The normalized spacial score (nSPS) is 27.2. The van der Waals surface area contributed by atoms with E-state index in [-0.39, 0.29) is 6.10 Å². The Morgan fingerprint density at radius 2 is 2.00 bits per heavy atom. The smallest absolute Gasteiger partial charge is 0.0981 e. The molecule has 0 aliphatic carbocycles. The van der Waals surface area contributed by atoms with Crippen LogP contribution in [0.15, 0.2) is 0 Å². The van der Waals surface area contributed by atoms with Crippen LogP contribution in [0, 0.1) is 0 Å². The van der Waals surface area contributed by atoms with E-state index in [1.165, 1.54) is 0 Å². The molecule has 0 spiro atoms. The molecule has 0 aromatic heterocycles. The molecular weight excluding hydrogens is 166 g/mol. The first kappa shape index (κ1) is 12.9. The van der Waals surface area contributed by atoms with Crippen molar-refractivity contribution in [3.05, 3.63) is 0 Å². The molecule has 80 valence electrons. The van der Waals surface area contributed by atoms with Crippen LogP contribution in [0.2, 0.25) is 0 Å². The predicted molar refractivity (Wildman–Crippen MR) is 55.1 cm³/mol. The molecule has 0 saturated carbocycles. The zero-order chi connectivity index (χ0) is 10.3. The van der Waals surface area contributed by atoms with Gasteiger partial charge in [-0.2, -0.15) is 0 Å². The second kappa shape index (κ2) is 7.30. The van der Waals surface area contributed by atoms with Gasteiger partial charge in [0.25, 0.3) is 0 Å². The molecule has 1 aliphatic rings. The predicted octanol–water partition coefficient (Wildman–Crippen LogP) is 1.38. The van der Waals surface area contributed by atoms with Gasteiger partial charge in [-0.05, 0) is 13.6 Å². The summed E-state index contributed by atoms with van der Waals surface area (Å²) in [4.78, 5) is 2.27. The first-order valence-corrected chi connectivity index (χ1v) is 5.10. The summed E-state index contributed by atoms with van der Waals surface area (Å²) in [6.45, 7) is 8.74. The Labute approximate surface area is 82.0 Å². The molecule has 13 heavy (non-hydrogen) atoms. The summed E-state index contributed by atoms with van der Waals surface area (Å²) in [6.07, 6.45) is 0.264. The Hall–Kier alpha value is -0.120. The second-order valence-corrected chi connectivity index (χ2v) is 2.95. The summed E-state index contributed by atoms with van der Waals surface area (Å²) in [5.74, 6) is 0. The van der Waals surface area contributed by atoms with E-state index in [9.17, 15) is 0 Å². The quantitative estimate of drug-likeness (QED) is 0.669. The Kier molecular flexibility index (Phi) is 7.23. The molecule has 1 saturated heterocycles. The standard InChI is InChI=1S/C8H17NO2.C2H6/c1-4-9(2)7-5-11-6-8(7)10-3;1-2/h7-8H,4-6H2,1-3H3;1-2H3/t7-,8-;/m0./s1. The van der Waals surface area contributed by atoms with Crippen LogP contribution in [0.4, 0.5) is 0 Å². The van der Waals surface area contributed by atoms with Crippen LogP contribution in [0.1, 0.15) is 20.8 Å². The molecule has 1 rings (SSSR count). The van der Waals surface area contributed by atoms with E-state index in [2.05, 4.69) is 18.9 Å². The molecule has 0 radical (unpaired) electrons. The zero-order valence-corrected chi connectivity index (χ0v) is 9.54. The number of hydrogen-bond donors (Lipinski definition) is 0. The fourth-order valence-electron chi connectivity index (χ4n) is 1.39. The van der Waals surface area contributed by atoms with Crippen molar-refractivity contribution in [2.45, 2.75) is 32.9 Å². The molecule has 3 heteroatoms. The molecular formula is C10H23NO2. The van der Waals surface area contributed by atoms with Gasteiger partial charge in [0, 0.05) is 7.11 Å². The molecule has 1 heterocycles. The Morgan fingerprint density at radius 1 is 1.38 bits per heavy atom. The van der Waals surface area contributed by atoms with Crippen molar-refractivity contribution in [3.8, 4) is 0 Å². The minimum Gasteiger partial charge on any atom is -0.377 e. The van der Waals surface area contributed by atoms with E-state index < -0.39 is 0 Å². The van der Waals surface area contributed by atoms with E-state index in [0.29, 0.717) is 6.04 Å². The van der Waals surface area contributed by atoms with Crippen LogP contribution in [0.5, 0.6) is 0 Å². The highest BCUT2D eigenvalue weighted by atomic mass is 16.5. The monoisotopic (exact) mass is 189 g/mol. The summed E-state index contributed by atoms with van der Waals surface area (Å²) in [5.41, 5.74) is 0. The lowest BCUT2D eigenvalue weighted by Gasteiger charge is -2.25. The number of methoxy groups -OCH3 is 1. The van der Waals surface area contributed by atoms with E-state index in [4.69, 9.17) is 9.47 Å². The molecule has 0 N–H and O–H groups in total. The molecule has 0 unspecified atom stereocenters. The lowest BCUT2D eigenvalue weighted by atomic mass is 10.2. The third kappa shape index (κ3) is 3.63. The first-order valence-electron chi connectivity index (χ1n) is 5.10. The maximum absolute atomic E-state index is 5.32. The van der Waals surface area contributed by atoms with Crippen molar-refractivity contribution < 1.29 is 9.47 Å². The lowest BCUT2D eigenvalue weighted by Crippen LogP contribution is -2.41. The van der Waals surface area contributed by atoms with Gasteiger partial charge in [0.15, 0.2) is 0 Å². The first-order chi connectivity index (χ1) is 6.29. The minimum absolute atomic E-state index is 0.264. The average molecular weight is 189 g/mol. The topological polar surface area (TPSA) is 21.7 Å². The highest BCUT2D eigenvalue weighted by molar-refractivity contribution is 4.82. The summed E-state index contributed by atoms with van der Waals surface area (Å²) in [6, 6.07) is 0.449. The number of hydrogen-bond acceptors (Lipinski definition) is 3. The van der Waals surface area contributed by atoms with Crippen LogP contribution in [0.3, 0.4) is 0 Å². The van der Waals surface area contributed by atoms with Gasteiger partial charge in [-0.3, -0.25) is 4.90 Å². The second-order valence-electron chi connectivity index (χ2n) is 2.95. The lowest BCUT2D eigenvalue weighted by molar-refractivity contribution is 0.0503. The van der Waals surface area contributed by atoms with Gasteiger partial charge < -0.3 is 9.47 Å². The summed E-state index contributed by atoms with van der Waals surface area (Å²) >= 11 is 0. The Morgan fingerprint density at radius 3 is 2.46 bits per heavy atom. The largest absolute Gasteiger partial charge is 0.377 e. The molecule has 2 atom stereocenters. The maximum Gasteiger partial charge on any atom is 0.0981 e. The average Bonchev–Trinajstić information content (AvgIpc) is 2.67. The van der Waals surface area contributed by atoms with Gasteiger partial charge in [-0.15, -0.1) is 0 Å². The fourth-order valence-corrected chi connectivity index (χ4v) is 1.39. The third-order valence-electron chi connectivity index (χ3n) is 2.37. The highest BCUT2D eigenvalue weighted by Crippen LogP contribution is 2.13. The molecule has 0 aromatic rings. The van der Waals surface area contributed by atoms with E-state index in [0.717, 1.165) is 19.8 Å². The minimum atomic E-state index is 0.264. The molecule has 1 aliphatic heterocycles. The van der Waals surface area contributed by atoms with Crippen LogP contribution in [-0.4, -0.2) is 51.0 Å². The molecule has 0 bridgehead atoms. The molecule has 3 nitrogen and oxygen atoms in total. The van der Waals surface area contributed by atoms with Crippen molar-refractivity contribution in [2.24, 2.45) is 0 Å². The van der Waals surface area contributed by atoms with Gasteiger partial charge in [-0.1, -0.05) is 20.8 Å². The van der Waals surface area contributed by atoms with E-state index in [1.54, 1.807) is 7.11 Å². The fraction of sp³-hybridized carbons (Fsp3) is 1.00. The number of ether oxygens (including phenoxy) is 2. The third-order valence-corrected chi connectivity index (χ3v) is 2.37. The van der Waals surface area contributed by atoms with Crippen LogP contribution in [0.25, 0.3) is 0 Å². The van der Waals surface area contributed by atoms with Crippen molar-refractivity contribution in [3.63, 3.8) is 0 Å². The SMILES string of the molecule is CC.CCN(C)[C@H]1COC[C@@H]1OC. The van der Waals surface area contributed by atoms with Gasteiger partial charge in [0.1, 0.15) is 0 Å². The van der Waals surface area contributed by atoms with Crippen molar-refractivity contribution >= 4 is 0 Å². The van der Waals surface area contributed by atoms with Crippen molar-refractivity contribution in [1.29, 1.82) is 0 Å². The van der Waals surface area contributed by atoms with Crippen molar-refractivity contribution in [1.82, 2.24) is 4.90 Å². The summed E-state index contributed by atoms with van der Waals surface area (Å²) < 4.78 is 10.6. The summed E-state index contributed by atoms with van der Waals surface area (Å²) in [7, 11) is 3.85. The van der Waals surface area contributed by atoms with Crippen LogP contribution >= 0.6 is 0 Å². The van der Waals surface area contributed by atoms with E-state index in [1.807, 2.05) is 13.8 Å². The van der Waals surface area contributed by atoms with Crippen LogP contribution in [-0.2, 0) is 9.47 Å². The van der Waals surface area contributed by atoms with E-state index >= 15 is 0 Å². The Balaban J connectivity index is 0.000000671. The number of likely N-dealkylation sites (N-methyl/N-ethyl adjacent to an activating group) is 1. The van der Waals surface area contributed by atoms with Crippen molar-refractivity contribution in [2.75, 3.05) is 33.9 Å². The van der Waals surface area contributed by atoms with Gasteiger partial charge in [0.05, 0.1) is 25.4 Å². The van der Waals surface area contributed by atoms with Gasteiger partial charge in [0.2, 0.25) is 0 Å². The molecule has 0 aromatic carbocycles.